The van der Waals surface area contributed by atoms with Crippen molar-refractivity contribution in [3.8, 4) is 28.7 Å². The summed E-state index contributed by atoms with van der Waals surface area (Å²) in [6, 6.07) is 7.15. The van der Waals surface area contributed by atoms with Crippen LogP contribution in [-0.2, 0) is 11.2 Å². The zero-order valence-corrected chi connectivity index (χ0v) is 17.0. The SMILES string of the molecule is COc1ccc(CCC(=O)c2c(O)cc(O[C@H]3C[C@@H](O)C[C@@H](CO)O3)cc2O)cc1O. The summed E-state index contributed by atoms with van der Waals surface area (Å²) in [4.78, 5) is 12.6. The fourth-order valence-corrected chi connectivity index (χ4v) is 3.51. The van der Waals surface area contributed by atoms with Gasteiger partial charge in [-0.05, 0) is 24.1 Å². The molecule has 0 aliphatic carbocycles. The number of methoxy groups -OCH3 is 1. The molecule has 1 fully saturated rings. The molecular weight excluding hydrogens is 408 g/mol. The summed E-state index contributed by atoms with van der Waals surface area (Å²) < 4.78 is 16.0. The first-order valence-electron chi connectivity index (χ1n) is 9.86. The van der Waals surface area contributed by atoms with E-state index in [0.29, 0.717) is 11.3 Å². The van der Waals surface area contributed by atoms with Crippen molar-refractivity contribution >= 4 is 5.78 Å². The number of aromatic hydroxyl groups is 3. The number of benzene rings is 2. The van der Waals surface area contributed by atoms with Gasteiger partial charge >= 0.3 is 0 Å². The van der Waals surface area contributed by atoms with Gasteiger partial charge in [0.2, 0.25) is 6.29 Å². The smallest absolute Gasteiger partial charge is 0.202 e. The first-order valence-corrected chi connectivity index (χ1v) is 9.86. The predicted molar refractivity (Wildman–Crippen MR) is 109 cm³/mol. The molecule has 3 rings (SSSR count). The number of hydrogen-bond donors (Lipinski definition) is 5. The molecule has 1 aliphatic heterocycles. The largest absolute Gasteiger partial charge is 0.507 e. The molecule has 5 N–H and O–H groups in total. The fourth-order valence-electron chi connectivity index (χ4n) is 3.51. The van der Waals surface area contributed by atoms with Crippen LogP contribution in [0.15, 0.2) is 30.3 Å². The predicted octanol–water partition coefficient (Wildman–Crippen LogP) is 1.86. The molecule has 0 spiro atoms. The Bertz CT molecular complexity index is 904. The van der Waals surface area contributed by atoms with Crippen LogP contribution in [0.4, 0.5) is 0 Å². The molecule has 0 bridgehead atoms. The number of phenolic OH excluding ortho intramolecular Hbond substituents is 3. The highest BCUT2D eigenvalue weighted by atomic mass is 16.7. The molecule has 9 heteroatoms. The second-order valence-electron chi connectivity index (χ2n) is 7.38. The number of aliphatic hydroxyl groups excluding tert-OH is 2. The summed E-state index contributed by atoms with van der Waals surface area (Å²) in [6.45, 7) is -0.271. The molecule has 0 unspecified atom stereocenters. The minimum Gasteiger partial charge on any atom is -0.507 e. The van der Waals surface area contributed by atoms with Crippen LogP contribution < -0.4 is 9.47 Å². The third-order valence-corrected chi connectivity index (χ3v) is 5.05. The van der Waals surface area contributed by atoms with Crippen LogP contribution in [0.25, 0.3) is 0 Å². The van der Waals surface area contributed by atoms with Gasteiger partial charge < -0.3 is 39.7 Å². The molecule has 1 heterocycles. The molecular formula is C22H26O9. The molecule has 168 valence electrons. The lowest BCUT2D eigenvalue weighted by Crippen LogP contribution is -2.40. The Labute approximate surface area is 179 Å². The molecule has 2 aromatic carbocycles. The van der Waals surface area contributed by atoms with Gasteiger partial charge in [-0.3, -0.25) is 4.79 Å². The fraction of sp³-hybridized carbons (Fsp3) is 0.409. The van der Waals surface area contributed by atoms with E-state index < -0.39 is 35.8 Å². The number of rotatable bonds is 8. The van der Waals surface area contributed by atoms with Gasteiger partial charge in [-0.25, -0.2) is 0 Å². The van der Waals surface area contributed by atoms with Crippen LogP contribution in [-0.4, -0.2) is 63.5 Å². The molecule has 31 heavy (non-hydrogen) atoms. The van der Waals surface area contributed by atoms with Crippen LogP contribution in [0, 0.1) is 0 Å². The van der Waals surface area contributed by atoms with Crippen molar-refractivity contribution in [3.05, 3.63) is 41.5 Å². The van der Waals surface area contributed by atoms with Crippen molar-refractivity contribution in [2.75, 3.05) is 13.7 Å². The van der Waals surface area contributed by atoms with Gasteiger partial charge in [0, 0.05) is 31.4 Å². The quantitative estimate of drug-likeness (QED) is 0.393. The van der Waals surface area contributed by atoms with Gasteiger partial charge in [0.15, 0.2) is 17.3 Å². The highest BCUT2D eigenvalue weighted by Gasteiger charge is 2.30. The summed E-state index contributed by atoms with van der Waals surface area (Å²) in [7, 11) is 1.44. The van der Waals surface area contributed by atoms with Crippen molar-refractivity contribution in [1.29, 1.82) is 0 Å². The van der Waals surface area contributed by atoms with E-state index in [1.54, 1.807) is 12.1 Å². The van der Waals surface area contributed by atoms with Crippen LogP contribution in [0.3, 0.4) is 0 Å². The number of ether oxygens (including phenoxy) is 3. The minimum atomic E-state index is -0.871. The lowest BCUT2D eigenvalue weighted by Gasteiger charge is -2.32. The number of carbonyl (C=O) groups is 1. The standard InChI is InChI=1S/C22H26O9/c1-29-20-5-3-12(6-17(20)26)2-4-16(25)22-18(27)9-14(10-19(22)28)30-21-8-13(24)7-15(11-23)31-21/h3,5-6,9-10,13,15,21,23-24,26-28H,2,4,7-8,11H2,1H3/t13-,15-,21+/m0/s1. The average molecular weight is 434 g/mol. The maximum Gasteiger partial charge on any atom is 0.202 e. The third-order valence-electron chi connectivity index (χ3n) is 5.05. The van der Waals surface area contributed by atoms with Gasteiger partial charge in [0.05, 0.1) is 25.9 Å². The van der Waals surface area contributed by atoms with Gasteiger partial charge in [0.25, 0.3) is 0 Å². The average Bonchev–Trinajstić information content (AvgIpc) is 2.71. The van der Waals surface area contributed by atoms with Crippen molar-refractivity contribution in [2.45, 2.75) is 44.2 Å². The second kappa shape index (κ2) is 9.86. The lowest BCUT2D eigenvalue weighted by molar-refractivity contribution is -0.184. The summed E-state index contributed by atoms with van der Waals surface area (Å²) in [5.74, 6) is -1.05. The number of carbonyl (C=O) groups excluding carboxylic acids is 1. The number of aryl methyl sites for hydroxylation is 1. The van der Waals surface area contributed by atoms with E-state index in [-0.39, 0.29) is 49.4 Å². The summed E-state index contributed by atoms with van der Waals surface area (Å²) in [5.41, 5.74) is 0.458. The summed E-state index contributed by atoms with van der Waals surface area (Å²) in [6.07, 6.45) is -1.44. The number of ketones is 1. The van der Waals surface area contributed by atoms with Gasteiger partial charge in [0.1, 0.15) is 22.8 Å². The first-order chi connectivity index (χ1) is 14.8. The van der Waals surface area contributed by atoms with Crippen LogP contribution in [0.1, 0.15) is 35.2 Å². The Balaban J connectivity index is 1.66. The molecule has 0 aromatic heterocycles. The van der Waals surface area contributed by atoms with Crippen LogP contribution in [0.2, 0.25) is 0 Å². The number of aliphatic hydroxyl groups is 2. The third kappa shape index (κ3) is 5.57. The normalized spacial score (nSPS) is 20.9. The molecule has 0 amide bonds. The molecule has 1 saturated heterocycles. The monoisotopic (exact) mass is 434 g/mol. The zero-order chi connectivity index (χ0) is 22.5. The zero-order valence-electron chi connectivity index (χ0n) is 17.0. The highest BCUT2D eigenvalue weighted by molar-refractivity contribution is 6.01. The Kier molecular flexibility index (Phi) is 7.21. The molecule has 0 radical (unpaired) electrons. The lowest BCUT2D eigenvalue weighted by atomic mass is 10.0. The van der Waals surface area contributed by atoms with Gasteiger partial charge in [-0.2, -0.15) is 0 Å². The molecule has 0 saturated carbocycles. The highest BCUT2D eigenvalue weighted by Crippen LogP contribution is 2.35. The number of Topliss-reactive ketones (excluding diaryl/α,β-unsaturated/α-hetero) is 1. The number of phenols is 3. The minimum absolute atomic E-state index is 0.0107. The molecule has 2 aromatic rings. The number of hydrogen-bond acceptors (Lipinski definition) is 9. The second-order valence-corrected chi connectivity index (χ2v) is 7.38. The van der Waals surface area contributed by atoms with Crippen molar-refractivity contribution in [1.82, 2.24) is 0 Å². The van der Waals surface area contributed by atoms with E-state index in [4.69, 9.17) is 14.2 Å². The van der Waals surface area contributed by atoms with E-state index >= 15 is 0 Å². The maximum atomic E-state index is 12.6. The maximum absolute atomic E-state index is 12.6. The van der Waals surface area contributed by atoms with Crippen molar-refractivity contribution in [2.24, 2.45) is 0 Å². The molecule has 3 atom stereocenters. The Morgan fingerprint density at radius 3 is 2.42 bits per heavy atom. The Morgan fingerprint density at radius 2 is 1.81 bits per heavy atom. The molecule has 9 nitrogen and oxygen atoms in total. The van der Waals surface area contributed by atoms with Crippen LogP contribution in [0.5, 0.6) is 28.7 Å². The van der Waals surface area contributed by atoms with E-state index in [9.17, 15) is 30.3 Å². The summed E-state index contributed by atoms with van der Waals surface area (Å²) in [5, 5.41) is 49.5. The van der Waals surface area contributed by atoms with E-state index in [0.717, 1.165) is 0 Å². The molecule has 1 aliphatic rings. The van der Waals surface area contributed by atoms with Crippen LogP contribution >= 0.6 is 0 Å². The first kappa shape index (κ1) is 22.7. The summed E-state index contributed by atoms with van der Waals surface area (Å²) >= 11 is 0. The van der Waals surface area contributed by atoms with E-state index in [1.807, 2.05) is 0 Å². The van der Waals surface area contributed by atoms with E-state index in [2.05, 4.69) is 0 Å². The Morgan fingerprint density at radius 1 is 1.10 bits per heavy atom. The van der Waals surface area contributed by atoms with Gasteiger partial charge in [-0.1, -0.05) is 6.07 Å². The van der Waals surface area contributed by atoms with E-state index in [1.165, 1.54) is 25.3 Å². The van der Waals surface area contributed by atoms with Crippen molar-refractivity contribution < 1.29 is 44.5 Å². The van der Waals surface area contributed by atoms with Gasteiger partial charge in [-0.15, -0.1) is 0 Å². The Hall–Kier alpha value is -3.01. The topological polar surface area (TPSA) is 146 Å². The van der Waals surface area contributed by atoms with Crippen molar-refractivity contribution in [3.63, 3.8) is 0 Å².